The molecule has 1 aromatic rings. The highest BCUT2D eigenvalue weighted by Gasteiger charge is 2.18. The Kier molecular flexibility index (Phi) is 5.14. The number of benzene rings is 1. The Morgan fingerprint density at radius 3 is 2.89 bits per heavy atom. The maximum atomic E-state index is 13.6. The molecule has 1 aliphatic heterocycles. The van der Waals surface area contributed by atoms with Gasteiger partial charge >= 0.3 is 0 Å². The normalized spacial score (nSPS) is 21.1. The van der Waals surface area contributed by atoms with Gasteiger partial charge in [0.2, 0.25) is 0 Å². The standard InChI is InChI=1S/C15H22FNO/c16-15-6-2-1-4-13(15)10-12(11-17)7-8-14-5-3-9-18-14/h1-2,4,6,12,14H,3,5,7-11,17H2. The monoisotopic (exact) mass is 251 g/mol. The average Bonchev–Trinajstić information content (AvgIpc) is 2.90. The van der Waals surface area contributed by atoms with Crippen molar-refractivity contribution in [1.82, 2.24) is 0 Å². The third-order valence-corrected chi connectivity index (χ3v) is 3.72. The van der Waals surface area contributed by atoms with Gasteiger partial charge in [0.05, 0.1) is 6.10 Å². The summed E-state index contributed by atoms with van der Waals surface area (Å²) in [5.74, 6) is 0.235. The van der Waals surface area contributed by atoms with Crippen LogP contribution in [0.4, 0.5) is 4.39 Å². The Morgan fingerprint density at radius 2 is 2.22 bits per heavy atom. The topological polar surface area (TPSA) is 35.2 Å². The van der Waals surface area contributed by atoms with Crippen molar-refractivity contribution >= 4 is 0 Å². The van der Waals surface area contributed by atoms with Crippen LogP contribution in [0.1, 0.15) is 31.2 Å². The summed E-state index contributed by atoms with van der Waals surface area (Å²) in [5.41, 5.74) is 6.57. The van der Waals surface area contributed by atoms with Crippen LogP contribution >= 0.6 is 0 Å². The van der Waals surface area contributed by atoms with E-state index in [2.05, 4.69) is 0 Å². The van der Waals surface area contributed by atoms with Gasteiger partial charge in [-0.25, -0.2) is 4.39 Å². The summed E-state index contributed by atoms with van der Waals surface area (Å²) in [7, 11) is 0. The van der Waals surface area contributed by atoms with Crippen LogP contribution in [0.25, 0.3) is 0 Å². The maximum absolute atomic E-state index is 13.6. The molecule has 0 radical (unpaired) electrons. The molecule has 0 aliphatic carbocycles. The molecule has 1 fully saturated rings. The molecule has 0 spiro atoms. The highest BCUT2D eigenvalue weighted by Crippen LogP contribution is 2.22. The van der Waals surface area contributed by atoms with Gasteiger partial charge < -0.3 is 10.5 Å². The number of halogens is 1. The molecule has 18 heavy (non-hydrogen) atoms. The minimum atomic E-state index is -0.118. The second-order valence-electron chi connectivity index (χ2n) is 5.11. The van der Waals surface area contributed by atoms with Crippen LogP contribution in [-0.4, -0.2) is 19.3 Å². The third kappa shape index (κ3) is 3.79. The lowest BCUT2D eigenvalue weighted by atomic mass is 9.93. The number of hydrogen-bond donors (Lipinski definition) is 1. The lowest BCUT2D eigenvalue weighted by Crippen LogP contribution is -2.19. The van der Waals surface area contributed by atoms with Gasteiger partial charge in [0, 0.05) is 6.61 Å². The molecule has 0 amide bonds. The minimum Gasteiger partial charge on any atom is -0.378 e. The summed E-state index contributed by atoms with van der Waals surface area (Å²) >= 11 is 0. The van der Waals surface area contributed by atoms with Crippen LogP contribution in [0.2, 0.25) is 0 Å². The number of rotatable bonds is 6. The molecular formula is C15H22FNO. The largest absolute Gasteiger partial charge is 0.378 e. The SMILES string of the molecule is NCC(CCC1CCCO1)Cc1ccccc1F. The Balaban J connectivity index is 1.83. The predicted octanol–water partition coefficient (Wildman–Crippen LogP) is 2.90. The highest BCUT2D eigenvalue weighted by molar-refractivity contribution is 5.17. The molecule has 1 heterocycles. The molecule has 3 heteroatoms. The van der Waals surface area contributed by atoms with Gasteiger partial charge in [0.15, 0.2) is 0 Å². The van der Waals surface area contributed by atoms with Crippen molar-refractivity contribution in [1.29, 1.82) is 0 Å². The maximum Gasteiger partial charge on any atom is 0.126 e. The van der Waals surface area contributed by atoms with Gasteiger partial charge in [-0.2, -0.15) is 0 Å². The summed E-state index contributed by atoms with van der Waals surface area (Å²) < 4.78 is 19.2. The molecule has 2 atom stereocenters. The first-order chi connectivity index (χ1) is 8.79. The summed E-state index contributed by atoms with van der Waals surface area (Å²) in [6, 6.07) is 6.97. The quantitative estimate of drug-likeness (QED) is 0.843. The Labute approximate surface area is 108 Å². The fourth-order valence-corrected chi connectivity index (χ4v) is 2.57. The summed E-state index contributed by atoms with van der Waals surface area (Å²) in [5, 5.41) is 0. The van der Waals surface area contributed by atoms with Crippen LogP contribution in [0, 0.1) is 11.7 Å². The third-order valence-electron chi connectivity index (χ3n) is 3.72. The summed E-state index contributed by atoms with van der Waals surface area (Å²) in [6.07, 6.45) is 5.55. The van der Waals surface area contributed by atoms with E-state index >= 15 is 0 Å². The fourth-order valence-electron chi connectivity index (χ4n) is 2.57. The molecule has 1 saturated heterocycles. The smallest absolute Gasteiger partial charge is 0.126 e. The van der Waals surface area contributed by atoms with Crippen molar-refractivity contribution in [3.8, 4) is 0 Å². The molecule has 2 rings (SSSR count). The number of hydrogen-bond acceptors (Lipinski definition) is 2. The summed E-state index contributed by atoms with van der Waals surface area (Å²) in [4.78, 5) is 0. The molecule has 0 bridgehead atoms. The molecule has 1 aliphatic rings. The van der Waals surface area contributed by atoms with Gasteiger partial charge in [-0.1, -0.05) is 18.2 Å². The first-order valence-electron chi connectivity index (χ1n) is 6.84. The zero-order valence-corrected chi connectivity index (χ0v) is 10.8. The Bertz CT molecular complexity index is 363. The van der Waals surface area contributed by atoms with E-state index in [1.807, 2.05) is 12.1 Å². The second-order valence-corrected chi connectivity index (χ2v) is 5.11. The van der Waals surface area contributed by atoms with E-state index in [0.717, 1.165) is 37.9 Å². The van der Waals surface area contributed by atoms with Crippen LogP contribution in [-0.2, 0) is 11.2 Å². The van der Waals surface area contributed by atoms with Crippen LogP contribution in [0.3, 0.4) is 0 Å². The van der Waals surface area contributed by atoms with E-state index in [1.165, 1.54) is 12.5 Å². The number of ether oxygens (including phenoxy) is 1. The zero-order chi connectivity index (χ0) is 12.8. The van der Waals surface area contributed by atoms with Crippen molar-refractivity contribution < 1.29 is 9.13 Å². The van der Waals surface area contributed by atoms with Crippen LogP contribution < -0.4 is 5.73 Å². The molecule has 0 saturated carbocycles. The molecule has 2 nitrogen and oxygen atoms in total. The van der Waals surface area contributed by atoms with E-state index < -0.39 is 0 Å². The lowest BCUT2D eigenvalue weighted by Gasteiger charge is -2.17. The molecule has 100 valence electrons. The Hall–Kier alpha value is -0.930. The van der Waals surface area contributed by atoms with Crippen molar-refractivity contribution in [2.45, 2.75) is 38.2 Å². The van der Waals surface area contributed by atoms with Crippen LogP contribution in [0.5, 0.6) is 0 Å². The second kappa shape index (κ2) is 6.86. The Morgan fingerprint density at radius 1 is 1.39 bits per heavy atom. The molecule has 0 aromatic heterocycles. The molecule has 2 unspecified atom stereocenters. The van der Waals surface area contributed by atoms with Gasteiger partial charge in [0.1, 0.15) is 5.82 Å². The van der Waals surface area contributed by atoms with E-state index in [4.69, 9.17) is 10.5 Å². The predicted molar refractivity (Wildman–Crippen MR) is 70.9 cm³/mol. The van der Waals surface area contributed by atoms with Crippen molar-refractivity contribution in [3.63, 3.8) is 0 Å². The van der Waals surface area contributed by atoms with Crippen LogP contribution in [0.15, 0.2) is 24.3 Å². The van der Waals surface area contributed by atoms with E-state index in [0.29, 0.717) is 18.6 Å². The van der Waals surface area contributed by atoms with Gasteiger partial charge in [0.25, 0.3) is 0 Å². The van der Waals surface area contributed by atoms with E-state index in [1.54, 1.807) is 6.07 Å². The zero-order valence-electron chi connectivity index (χ0n) is 10.8. The van der Waals surface area contributed by atoms with Gasteiger partial charge in [-0.05, 0) is 56.2 Å². The van der Waals surface area contributed by atoms with Gasteiger partial charge in [-0.3, -0.25) is 0 Å². The molecule has 2 N–H and O–H groups in total. The van der Waals surface area contributed by atoms with E-state index in [9.17, 15) is 4.39 Å². The van der Waals surface area contributed by atoms with Crippen molar-refractivity contribution in [2.75, 3.05) is 13.2 Å². The fraction of sp³-hybridized carbons (Fsp3) is 0.600. The van der Waals surface area contributed by atoms with Crippen molar-refractivity contribution in [2.24, 2.45) is 11.7 Å². The minimum absolute atomic E-state index is 0.118. The molecule has 1 aromatic carbocycles. The lowest BCUT2D eigenvalue weighted by molar-refractivity contribution is 0.0983. The average molecular weight is 251 g/mol. The number of nitrogens with two attached hydrogens (primary N) is 1. The highest BCUT2D eigenvalue weighted by atomic mass is 19.1. The van der Waals surface area contributed by atoms with E-state index in [-0.39, 0.29) is 5.82 Å². The van der Waals surface area contributed by atoms with Crippen molar-refractivity contribution in [3.05, 3.63) is 35.6 Å². The first-order valence-corrected chi connectivity index (χ1v) is 6.84. The summed E-state index contributed by atoms with van der Waals surface area (Å²) in [6.45, 7) is 1.51. The van der Waals surface area contributed by atoms with Gasteiger partial charge in [-0.15, -0.1) is 0 Å². The first kappa shape index (κ1) is 13.5. The molecular weight excluding hydrogens is 229 g/mol.